The van der Waals surface area contributed by atoms with Crippen LogP contribution in [-0.4, -0.2) is 0 Å². The lowest BCUT2D eigenvalue weighted by atomic mass is 10.0. The maximum atomic E-state index is 6.13. The number of hydrogen-bond acceptors (Lipinski definition) is 2. The Hall–Kier alpha value is -1.54. The van der Waals surface area contributed by atoms with E-state index in [2.05, 4.69) is 101 Å². The average Bonchev–Trinajstić information content (AvgIpc) is 3.15. The fourth-order valence-corrected chi connectivity index (χ4v) is 8.07. The molecule has 282 valence electrons. The van der Waals surface area contributed by atoms with E-state index in [-0.39, 0.29) is 0 Å². The second kappa shape index (κ2) is 24.8. The molecule has 52 heavy (non-hydrogen) atoms. The Balaban J connectivity index is 0.912. The predicted octanol–water partition coefficient (Wildman–Crippen LogP) is 14.8. The van der Waals surface area contributed by atoms with Gasteiger partial charge in [-0.3, -0.25) is 0 Å². The molecule has 0 radical (unpaired) electrons. The summed E-state index contributed by atoms with van der Waals surface area (Å²) in [7, 11) is 0. The second-order valence-corrected chi connectivity index (χ2v) is 17.4. The van der Waals surface area contributed by atoms with E-state index in [0.29, 0.717) is 43.1 Å². The molecular weight excluding hydrogens is 862 g/mol. The molecule has 2 aromatic heterocycles. The van der Waals surface area contributed by atoms with E-state index in [0.717, 1.165) is 35.3 Å². The molecule has 2 aromatic carbocycles. The molecule has 0 bridgehead atoms. The summed E-state index contributed by atoms with van der Waals surface area (Å²) >= 11 is 32.1. The highest BCUT2D eigenvalue weighted by atomic mass is 79.9. The fourth-order valence-electron chi connectivity index (χ4n) is 6.24. The first-order valence-corrected chi connectivity index (χ1v) is 22.3. The first-order chi connectivity index (χ1) is 25.3. The van der Waals surface area contributed by atoms with Gasteiger partial charge in [-0.05, 0) is 80.1 Å². The van der Waals surface area contributed by atoms with Crippen LogP contribution in [0.4, 0.5) is 11.4 Å². The summed E-state index contributed by atoms with van der Waals surface area (Å²) in [5.74, 6) is 0. The highest BCUT2D eigenvalue weighted by Gasteiger charge is 2.15. The third-order valence-corrected chi connectivity index (χ3v) is 12.8. The monoisotopic (exact) mass is 912 g/mol. The minimum Gasteiger partial charge on any atom is -0.381 e. The van der Waals surface area contributed by atoms with Crippen LogP contribution in [0.15, 0.2) is 85.5 Å². The van der Waals surface area contributed by atoms with Crippen molar-refractivity contribution in [2.75, 3.05) is 10.6 Å². The molecule has 0 fully saturated rings. The van der Waals surface area contributed by atoms with Crippen molar-refractivity contribution in [2.45, 2.75) is 126 Å². The molecule has 4 nitrogen and oxygen atoms in total. The van der Waals surface area contributed by atoms with Crippen LogP contribution in [0.1, 0.15) is 124 Å². The molecule has 0 aliphatic heterocycles. The van der Waals surface area contributed by atoms with Crippen LogP contribution < -0.4 is 19.8 Å². The standard InChI is InChI=1S/C42H52Br2Cl4N4/c43-41(51-25-21-35(22-26-51)49-31-33-17-19-37(45)39(47)29-33)15-13-11-9-7-5-3-1-2-4-6-8-10-12-14-16-42(44)52-27-23-36(24-28-52)50-32-34-18-20-38(46)40(48)30-34/h17-30,41-42H,1-16,31-32H2/p+2. The van der Waals surface area contributed by atoms with E-state index >= 15 is 0 Å². The Morgan fingerprint density at radius 1 is 0.423 bits per heavy atom. The highest BCUT2D eigenvalue weighted by Crippen LogP contribution is 2.25. The lowest BCUT2D eigenvalue weighted by Gasteiger charge is -2.09. The van der Waals surface area contributed by atoms with Gasteiger partial charge in [0.2, 0.25) is 9.90 Å². The zero-order chi connectivity index (χ0) is 37.0. The zero-order valence-corrected chi connectivity index (χ0v) is 36.3. The van der Waals surface area contributed by atoms with Crippen molar-refractivity contribution in [1.82, 2.24) is 0 Å². The van der Waals surface area contributed by atoms with Gasteiger partial charge in [-0.25, -0.2) is 0 Å². The lowest BCUT2D eigenvalue weighted by molar-refractivity contribution is -0.698. The third-order valence-electron chi connectivity index (χ3n) is 9.45. The van der Waals surface area contributed by atoms with Crippen LogP contribution in [0.3, 0.4) is 0 Å². The van der Waals surface area contributed by atoms with Crippen molar-refractivity contribution in [3.63, 3.8) is 0 Å². The molecule has 2 atom stereocenters. The van der Waals surface area contributed by atoms with Crippen molar-refractivity contribution >= 4 is 89.6 Å². The number of halogens is 6. The number of nitrogens with zero attached hydrogens (tertiary/aromatic N) is 2. The van der Waals surface area contributed by atoms with E-state index in [4.69, 9.17) is 46.4 Å². The summed E-state index contributed by atoms with van der Waals surface area (Å²) in [5, 5.41) is 9.25. The van der Waals surface area contributed by atoms with E-state index < -0.39 is 0 Å². The fraction of sp³-hybridized carbons (Fsp3) is 0.476. The van der Waals surface area contributed by atoms with Gasteiger partial charge in [0.15, 0.2) is 24.8 Å². The maximum Gasteiger partial charge on any atom is 0.211 e. The number of hydrogen-bond donors (Lipinski definition) is 2. The molecule has 4 aromatic rings. The van der Waals surface area contributed by atoms with Gasteiger partial charge in [-0.1, -0.05) is 136 Å². The molecule has 0 saturated heterocycles. The third kappa shape index (κ3) is 16.4. The van der Waals surface area contributed by atoms with Crippen LogP contribution in [0.5, 0.6) is 0 Å². The number of aromatic nitrogens is 2. The van der Waals surface area contributed by atoms with Crippen LogP contribution in [0, 0.1) is 0 Å². The maximum absolute atomic E-state index is 6.13. The lowest BCUT2D eigenvalue weighted by Crippen LogP contribution is -2.35. The van der Waals surface area contributed by atoms with Gasteiger partial charge in [-0.2, -0.15) is 9.13 Å². The van der Waals surface area contributed by atoms with E-state index in [1.807, 2.05) is 36.4 Å². The van der Waals surface area contributed by atoms with Crippen molar-refractivity contribution in [1.29, 1.82) is 0 Å². The Kier molecular flexibility index (Phi) is 20.6. The Morgan fingerprint density at radius 3 is 1.04 bits per heavy atom. The molecule has 2 N–H and O–H groups in total. The summed E-state index contributed by atoms with van der Waals surface area (Å²) in [6.07, 6.45) is 29.7. The highest BCUT2D eigenvalue weighted by molar-refractivity contribution is 9.09. The zero-order valence-electron chi connectivity index (χ0n) is 30.1. The second-order valence-electron chi connectivity index (χ2n) is 13.7. The molecule has 4 rings (SSSR count). The average molecular weight is 917 g/mol. The van der Waals surface area contributed by atoms with Gasteiger partial charge in [0.25, 0.3) is 0 Å². The van der Waals surface area contributed by atoms with Crippen molar-refractivity contribution in [2.24, 2.45) is 0 Å². The Labute approximate surface area is 349 Å². The summed E-state index contributed by atoms with van der Waals surface area (Å²) < 4.78 is 4.48. The first kappa shape index (κ1) is 43.2. The summed E-state index contributed by atoms with van der Waals surface area (Å²) in [6, 6.07) is 20.0. The molecule has 0 aliphatic rings. The number of anilines is 2. The quantitative estimate of drug-likeness (QED) is 0.0394. The molecule has 0 spiro atoms. The normalized spacial score (nSPS) is 12.5. The molecular formula is C42H54Br2Cl4N4+2. The number of rotatable bonds is 25. The van der Waals surface area contributed by atoms with Gasteiger partial charge in [0.05, 0.1) is 20.1 Å². The van der Waals surface area contributed by atoms with Crippen LogP contribution >= 0.6 is 78.3 Å². The number of nitrogens with one attached hydrogen (secondary N) is 2. The van der Waals surface area contributed by atoms with Crippen molar-refractivity contribution in [3.8, 4) is 0 Å². The molecule has 0 amide bonds. The van der Waals surface area contributed by atoms with Gasteiger partial charge >= 0.3 is 0 Å². The number of pyridine rings is 2. The van der Waals surface area contributed by atoms with Gasteiger partial charge in [0.1, 0.15) is 0 Å². The van der Waals surface area contributed by atoms with Gasteiger partial charge < -0.3 is 10.6 Å². The molecule has 10 heteroatoms. The summed E-state index contributed by atoms with van der Waals surface area (Å²) in [5.41, 5.74) is 4.38. The van der Waals surface area contributed by atoms with Crippen LogP contribution in [0.25, 0.3) is 0 Å². The Bertz CT molecular complexity index is 1470. The van der Waals surface area contributed by atoms with Crippen molar-refractivity contribution < 1.29 is 9.13 Å². The minimum absolute atomic E-state index is 0.331. The Morgan fingerprint density at radius 2 is 0.731 bits per heavy atom. The van der Waals surface area contributed by atoms with Gasteiger partial charge in [-0.15, -0.1) is 0 Å². The summed E-state index contributed by atoms with van der Waals surface area (Å²) in [4.78, 5) is 0.662. The number of alkyl halides is 2. The minimum atomic E-state index is 0.331. The molecule has 2 unspecified atom stereocenters. The largest absolute Gasteiger partial charge is 0.381 e. The van der Waals surface area contributed by atoms with Crippen LogP contribution in [0.2, 0.25) is 20.1 Å². The van der Waals surface area contributed by atoms with Gasteiger partial charge in [0, 0.05) is 61.6 Å². The smallest absolute Gasteiger partial charge is 0.211 e. The van der Waals surface area contributed by atoms with Crippen LogP contribution in [-0.2, 0) is 13.1 Å². The number of unbranched alkanes of at least 4 members (excludes halogenated alkanes) is 13. The van der Waals surface area contributed by atoms with E-state index in [1.54, 1.807) is 0 Å². The first-order valence-electron chi connectivity index (χ1n) is 18.9. The predicted molar refractivity (Wildman–Crippen MR) is 231 cm³/mol. The topological polar surface area (TPSA) is 31.8 Å². The molecule has 2 heterocycles. The molecule has 0 saturated carbocycles. The number of benzene rings is 2. The van der Waals surface area contributed by atoms with E-state index in [9.17, 15) is 0 Å². The SMILES string of the molecule is Clc1ccc(CNc2cc[n+](C(Br)CCCCCCCCCCCCCCCCC(Br)[n+]3ccc(NCc4ccc(Cl)c(Cl)c4)cc3)cc2)cc1Cl. The molecule has 0 aliphatic carbocycles. The summed E-state index contributed by atoms with van der Waals surface area (Å²) in [6.45, 7) is 1.42. The van der Waals surface area contributed by atoms with Crippen molar-refractivity contribution in [3.05, 3.63) is 117 Å². The van der Waals surface area contributed by atoms with E-state index in [1.165, 1.54) is 89.9 Å².